The molecule has 30 heavy (non-hydrogen) atoms. The van der Waals surface area contributed by atoms with Crippen molar-refractivity contribution in [2.24, 2.45) is 5.41 Å². The Morgan fingerprint density at radius 3 is 2.70 bits per heavy atom. The van der Waals surface area contributed by atoms with Crippen LogP contribution in [-0.4, -0.2) is 38.3 Å². The highest BCUT2D eigenvalue weighted by Crippen LogP contribution is 2.64. The second-order valence-electron chi connectivity index (χ2n) is 9.62. The van der Waals surface area contributed by atoms with Crippen molar-refractivity contribution in [1.82, 2.24) is 25.2 Å². The van der Waals surface area contributed by atoms with E-state index in [2.05, 4.69) is 46.0 Å². The van der Waals surface area contributed by atoms with E-state index < -0.39 is 0 Å². The number of halogens is 1. The molecule has 0 radical (unpaired) electrons. The minimum absolute atomic E-state index is 0.132. The summed E-state index contributed by atoms with van der Waals surface area (Å²) in [6.07, 6.45) is 3.24. The fourth-order valence-corrected chi connectivity index (χ4v) is 4.34. The molecule has 1 saturated heterocycles. The number of piperidine rings is 1. The van der Waals surface area contributed by atoms with Gasteiger partial charge in [0.25, 0.3) is 0 Å². The molecule has 1 aliphatic carbocycles. The maximum absolute atomic E-state index is 13.5. The molecule has 0 N–H and O–H groups in total. The lowest BCUT2D eigenvalue weighted by Gasteiger charge is -2.31. The van der Waals surface area contributed by atoms with Crippen molar-refractivity contribution in [3.63, 3.8) is 0 Å². The summed E-state index contributed by atoms with van der Waals surface area (Å²) < 4.78 is 24.8. The van der Waals surface area contributed by atoms with Crippen LogP contribution in [0.2, 0.25) is 0 Å². The highest BCUT2D eigenvalue weighted by atomic mass is 19.1. The molecule has 1 aliphatic heterocycles. The monoisotopic (exact) mass is 411 g/mol. The van der Waals surface area contributed by atoms with E-state index >= 15 is 0 Å². The van der Waals surface area contributed by atoms with E-state index in [1.54, 1.807) is 12.1 Å². The van der Waals surface area contributed by atoms with Crippen molar-refractivity contribution in [3.05, 3.63) is 47.7 Å². The van der Waals surface area contributed by atoms with Crippen molar-refractivity contribution in [3.8, 4) is 11.5 Å². The molecule has 1 saturated carbocycles. The van der Waals surface area contributed by atoms with Crippen LogP contribution in [0.5, 0.6) is 0 Å². The first-order valence-electron chi connectivity index (χ1n) is 10.5. The summed E-state index contributed by atoms with van der Waals surface area (Å²) in [6, 6.07) is 6.26. The van der Waals surface area contributed by atoms with Crippen LogP contribution in [0.4, 0.5) is 4.39 Å². The Morgan fingerprint density at radius 1 is 1.20 bits per heavy atom. The topological polar surface area (TPSA) is 81.1 Å². The molecular weight excluding hydrogens is 385 g/mol. The molecule has 0 amide bonds. The van der Waals surface area contributed by atoms with Crippen LogP contribution in [0.1, 0.15) is 63.6 Å². The van der Waals surface area contributed by atoms with E-state index in [0.717, 1.165) is 38.2 Å². The van der Waals surface area contributed by atoms with Gasteiger partial charge < -0.3 is 8.94 Å². The molecule has 3 heterocycles. The number of hydrogen-bond acceptors (Lipinski definition) is 7. The molecule has 2 aliphatic rings. The third-order valence-electron chi connectivity index (χ3n) is 6.33. The maximum atomic E-state index is 13.5. The Kier molecular flexibility index (Phi) is 4.50. The van der Waals surface area contributed by atoms with Gasteiger partial charge in [0, 0.05) is 16.9 Å². The van der Waals surface area contributed by atoms with Gasteiger partial charge >= 0.3 is 0 Å². The van der Waals surface area contributed by atoms with Crippen LogP contribution in [0.15, 0.2) is 33.2 Å². The number of rotatable bonds is 4. The minimum atomic E-state index is -0.307. The number of likely N-dealkylation sites (tertiary alicyclic amines) is 1. The lowest BCUT2D eigenvalue weighted by molar-refractivity contribution is 0.155. The third kappa shape index (κ3) is 3.64. The molecular formula is C22H26FN5O2. The minimum Gasteiger partial charge on any atom is -0.420 e. The first-order chi connectivity index (χ1) is 14.3. The Bertz CT molecular complexity index is 1050. The second kappa shape index (κ2) is 6.97. The summed E-state index contributed by atoms with van der Waals surface area (Å²) in [7, 11) is 0. The van der Waals surface area contributed by atoms with Gasteiger partial charge in [-0.05, 0) is 56.0 Å². The Balaban J connectivity index is 1.19. The van der Waals surface area contributed by atoms with Gasteiger partial charge in [-0.3, -0.25) is 4.90 Å². The molecule has 2 aromatic heterocycles. The fourth-order valence-electron chi connectivity index (χ4n) is 4.34. The van der Waals surface area contributed by atoms with Crippen molar-refractivity contribution in [2.75, 3.05) is 13.1 Å². The van der Waals surface area contributed by atoms with Crippen LogP contribution < -0.4 is 0 Å². The summed E-state index contributed by atoms with van der Waals surface area (Å²) in [4.78, 5) is 6.93. The number of benzene rings is 1. The van der Waals surface area contributed by atoms with Crippen LogP contribution in [0.3, 0.4) is 0 Å². The number of nitrogens with zero attached hydrogens (tertiary/aromatic N) is 5. The zero-order valence-electron chi connectivity index (χ0n) is 17.6. The fraction of sp³-hybridized carbons (Fsp3) is 0.545. The summed E-state index contributed by atoms with van der Waals surface area (Å²) in [5, 5.41) is 12.5. The average Bonchev–Trinajstić information content (AvgIpc) is 3.08. The SMILES string of the molecule is CC(C)(C)c1nc(CN2CCC3(CC2)C[C@H]3c2nnc(-c3cccc(F)c3)o2)no1. The predicted octanol–water partition coefficient (Wildman–Crippen LogP) is 4.33. The lowest BCUT2D eigenvalue weighted by atomic mass is 9.91. The van der Waals surface area contributed by atoms with Crippen molar-refractivity contribution >= 4 is 0 Å². The molecule has 2 fully saturated rings. The zero-order chi connectivity index (χ0) is 20.9. The van der Waals surface area contributed by atoms with Gasteiger partial charge in [-0.25, -0.2) is 4.39 Å². The van der Waals surface area contributed by atoms with Crippen LogP contribution >= 0.6 is 0 Å². The van der Waals surface area contributed by atoms with E-state index in [9.17, 15) is 4.39 Å². The highest BCUT2D eigenvalue weighted by molar-refractivity contribution is 5.52. The smallest absolute Gasteiger partial charge is 0.247 e. The van der Waals surface area contributed by atoms with E-state index in [-0.39, 0.29) is 16.6 Å². The first-order valence-corrected chi connectivity index (χ1v) is 10.5. The lowest BCUT2D eigenvalue weighted by Crippen LogP contribution is -2.34. The molecule has 1 atom stereocenters. The Hall–Kier alpha value is -2.61. The zero-order valence-corrected chi connectivity index (χ0v) is 17.6. The quantitative estimate of drug-likeness (QED) is 0.632. The molecule has 0 bridgehead atoms. The molecule has 158 valence electrons. The van der Waals surface area contributed by atoms with Crippen molar-refractivity contribution in [2.45, 2.75) is 57.9 Å². The average molecular weight is 411 g/mol. The van der Waals surface area contributed by atoms with E-state index in [1.807, 2.05) is 0 Å². The third-order valence-corrected chi connectivity index (χ3v) is 6.33. The standard InChI is InChI=1S/C22H26FN5O2/c1-21(2,3)20-24-17(27-30-20)13-28-9-7-22(8-10-28)12-16(22)19-26-25-18(29-19)14-5-4-6-15(23)11-14/h4-6,11,16H,7-10,12-13H2,1-3H3/t16-/m0/s1. The van der Waals surface area contributed by atoms with Crippen LogP contribution in [-0.2, 0) is 12.0 Å². The van der Waals surface area contributed by atoms with Gasteiger partial charge in [0.2, 0.25) is 17.7 Å². The van der Waals surface area contributed by atoms with Gasteiger partial charge in [-0.1, -0.05) is 32.0 Å². The molecule has 5 rings (SSSR count). The largest absolute Gasteiger partial charge is 0.420 e. The second-order valence-corrected chi connectivity index (χ2v) is 9.62. The first kappa shape index (κ1) is 19.4. The van der Waals surface area contributed by atoms with E-state index in [4.69, 9.17) is 8.94 Å². The Labute approximate surface area is 174 Å². The van der Waals surface area contributed by atoms with Crippen LogP contribution in [0.25, 0.3) is 11.5 Å². The van der Waals surface area contributed by atoms with E-state index in [0.29, 0.717) is 35.7 Å². The molecule has 7 nitrogen and oxygen atoms in total. The van der Waals surface area contributed by atoms with Gasteiger partial charge in [0.05, 0.1) is 6.54 Å². The van der Waals surface area contributed by atoms with Gasteiger partial charge in [0.1, 0.15) is 5.82 Å². The van der Waals surface area contributed by atoms with Crippen LogP contribution in [0, 0.1) is 11.2 Å². The Morgan fingerprint density at radius 2 is 2.00 bits per heavy atom. The normalized spacial score (nSPS) is 21.3. The molecule has 1 spiro atoms. The highest BCUT2D eigenvalue weighted by Gasteiger charge is 2.58. The predicted molar refractivity (Wildman–Crippen MR) is 107 cm³/mol. The molecule has 0 unspecified atom stereocenters. The summed E-state index contributed by atoms with van der Waals surface area (Å²) in [5.41, 5.74) is 0.733. The number of aromatic nitrogens is 4. The summed E-state index contributed by atoms with van der Waals surface area (Å²) in [6.45, 7) is 8.89. The summed E-state index contributed by atoms with van der Waals surface area (Å²) in [5.74, 6) is 2.48. The van der Waals surface area contributed by atoms with Gasteiger partial charge in [-0.15, -0.1) is 10.2 Å². The summed E-state index contributed by atoms with van der Waals surface area (Å²) >= 11 is 0. The van der Waals surface area contributed by atoms with Crippen molar-refractivity contribution in [1.29, 1.82) is 0 Å². The van der Waals surface area contributed by atoms with Crippen molar-refractivity contribution < 1.29 is 13.3 Å². The van der Waals surface area contributed by atoms with Gasteiger partial charge in [-0.2, -0.15) is 4.98 Å². The molecule has 1 aromatic carbocycles. The van der Waals surface area contributed by atoms with Gasteiger partial charge in [0.15, 0.2) is 5.82 Å². The maximum Gasteiger partial charge on any atom is 0.247 e. The van der Waals surface area contributed by atoms with E-state index in [1.165, 1.54) is 12.1 Å². The molecule has 8 heteroatoms. The number of hydrogen-bond donors (Lipinski definition) is 0. The molecule has 3 aromatic rings.